The number of nitrogens with zero attached hydrogens (tertiary/aromatic N) is 3. The van der Waals surface area contributed by atoms with Crippen LogP contribution in [0.15, 0.2) is 17.8 Å². The molecule has 0 aliphatic heterocycles. The molecule has 19 heavy (non-hydrogen) atoms. The summed E-state index contributed by atoms with van der Waals surface area (Å²) in [5.41, 5.74) is 1.23. The lowest BCUT2D eigenvalue weighted by atomic mass is 10.2. The minimum absolute atomic E-state index is 0.0146. The van der Waals surface area contributed by atoms with Gasteiger partial charge in [0.2, 0.25) is 5.91 Å². The Morgan fingerprint density at radius 2 is 2.32 bits per heavy atom. The Labute approximate surface area is 110 Å². The van der Waals surface area contributed by atoms with E-state index >= 15 is 0 Å². The molecule has 1 aromatic rings. The van der Waals surface area contributed by atoms with Crippen molar-refractivity contribution in [2.24, 2.45) is 0 Å². The van der Waals surface area contributed by atoms with Gasteiger partial charge >= 0.3 is 5.97 Å². The number of rotatable bonds is 6. The molecule has 2 rings (SSSR count). The van der Waals surface area contributed by atoms with Crippen LogP contribution < -0.4 is 5.32 Å². The fraction of sp³-hybridized carbons (Fsp3) is 0.500. The highest BCUT2D eigenvalue weighted by Crippen LogP contribution is 2.19. The first-order valence-electron chi connectivity index (χ1n) is 6.23. The van der Waals surface area contributed by atoms with Crippen molar-refractivity contribution in [1.29, 1.82) is 0 Å². The lowest BCUT2D eigenvalue weighted by molar-refractivity contribution is -0.121. The molecule has 0 spiro atoms. The van der Waals surface area contributed by atoms with Crippen LogP contribution in [0.25, 0.3) is 0 Å². The van der Waals surface area contributed by atoms with Crippen molar-refractivity contribution in [2.75, 3.05) is 6.54 Å². The normalized spacial score (nSPS) is 14.2. The van der Waals surface area contributed by atoms with Crippen LogP contribution in [0.3, 0.4) is 0 Å². The van der Waals surface area contributed by atoms with Crippen molar-refractivity contribution >= 4 is 11.9 Å². The maximum Gasteiger partial charge on any atom is 0.358 e. The van der Waals surface area contributed by atoms with Crippen LogP contribution in [0.5, 0.6) is 0 Å². The van der Waals surface area contributed by atoms with Crippen molar-refractivity contribution < 1.29 is 14.7 Å². The number of hydrogen-bond acceptors (Lipinski definition) is 4. The predicted molar refractivity (Wildman–Crippen MR) is 66.5 cm³/mol. The number of carbonyl (C=O) groups excluding carboxylic acids is 1. The summed E-state index contributed by atoms with van der Waals surface area (Å²) in [6, 6.07) is 0. The highest BCUT2D eigenvalue weighted by Gasteiger charge is 2.10. The summed E-state index contributed by atoms with van der Waals surface area (Å²) >= 11 is 0. The van der Waals surface area contributed by atoms with Crippen molar-refractivity contribution in [3.05, 3.63) is 23.5 Å². The molecule has 1 aliphatic carbocycles. The fourth-order valence-electron chi connectivity index (χ4n) is 2.00. The molecule has 2 N–H and O–H groups in total. The van der Waals surface area contributed by atoms with E-state index in [1.807, 2.05) is 0 Å². The highest BCUT2D eigenvalue weighted by atomic mass is 16.4. The van der Waals surface area contributed by atoms with Crippen molar-refractivity contribution in [2.45, 2.75) is 32.2 Å². The summed E-state index contributed by atoms with van der Waals surface area (Å²) in [5.74, 6) is -1.35. The zero-order valence-corrected chi connectivity index (χ0v) is 10.5. The minimum Gasteiger partial charge on any atom is -0.476 e. The summed E-state index contributed by atoms with van der Waals surface area (Å²) in [4.78, 5) is 22.2. The monoisotopic (exact) mass is 264 g/mol. The Kier molecular flexibility index (Phi) is 4.27. The summed E-state index contributed by atoms with van der Waals surface area (Å²) in [6.07, 6.45) is 7.81. The van der Waals surface area contributed by atoms with E-state index in [9.17, 15) is 9.59 Å². The first kappa shape index (κ1) is 13.3. The van der Waals surface area contributed by atoms with Gasteiger partial charge in [-0.1, -0.05) is 16.9 Å². The quantitative estimate of drug-likeness (QED) is 0.733. The van der Waals surface area contributed by atoms with Gasteiger partial charge in [0.05, 0.1) is 6.20 Å². The van der Waals surface area contributed by atoms with Crippen LogP contribution in [0, 0.1) is 0 Å². The molecule has 1 aromatic heterocycles. The van der Waals surface area contributed by atoms with Crippen LogP contribution in [0.1, 0.15) is 36.2 Å². The molecule has 102 valence electrons. The fourth-order valence-corrected chi connectivity index (χ4v) is 2.00. The van der Waals surface area contributed by atoms with Gasteiger partial charge in [0.15, 0.2) is 5.69 Å². The van der Waals surface area contributed by atoms with Crippen LogP contribution in [0.4, 0.5) is 0 Å². The van der Waals surface area contributed by atoms with Crippen molar-refractivity contribution in [3.63, 3.8) is 0 Å². The highest BCUT2D eigenvalue weighted by molar-refractivity contribution is 5.84. The molecular weight excluding hydrogens is 248 g/mol. The third kappa shape index (κ3) is 3.90. The molecule has 7 nitrogen and oxygen atoms in total. The average molecular weight is 264 g/mol. The number of allylic oxidation sites excluding steroid dienone is 1. The van der Waals surface area contributed by atoms with E-state index in [1.54, 1.807) is 0 Å². The smallest absolute Gasteiger partial charge is 0.358 e. The topological polar surface area (TPSA) is 97.1 Å². The van der Waals surface area contributed by atoms with E-state index in [2.05, 4.69) is 21.7 Å². The Balaban J connectivity index is 1.72. The number of hydrogen-bond donors (Lipinski definition) is 2. The van der Waals surface area contributed by atoms with Gasteiger partial charge in [-0.05, 0) is 25.7 Å². The van der Waals surface area contributed by atoms with E-state index in [0.29, 0.717) is 6.54 Å². The van der Waals surface area contributed by atoms with E-state index in [0.717, 1.165) is 19.3 Å². The van der Waals surface area contributed by atoms with E-state index in [-0.39, 0.29) is 18.1 Å². The first-order chi connectivity index (χ1) is 9.15. The largest absolute Gasteiger partial charge is 0.476 e. The Bertz CT molecular complexity index is 507. The Morgan fingerprint density at radius 3 is 2.95 bits per heavy atom. The van der Waals surface area contributed by atoms with Gasteiger partial charge in [-0.15, -0.1) is 5.10 Å². The summed E-state index contributed by atoms with van der Waals surface area (Å²) < 4.78 is 1.22. The van der Waals surface area contributed by atoms with Crippen molar-refractivity contribution in [3.8, 4) is 0 Å². The maximum absolute atomic E-state index is 11.6. The van der Waals surface area contributed by atoms with Gasteiger partial charge in [0.25, 0.3) is 0 Å². The molecule has 0 atom stereocenters. The Morgan fingerprint density at radius 1 is 1.47 bits per heavy atom. The van der Waals surface area contributed by atoms with Gasteiger partial charge in [-0.2, -0.15) is 0 Å². The summed E-state index contributed by atoms with van der Waals surface area (Å²) in [6.45, 7) is 0.588. The third-order valence-electron chi connectivity index (χ3n) is 2.97. The second-order valence-corrected chi connectivity index (χ2v) is 4.46. The molecule has 1 amide bonds. The van der Waals surface area contributed by atoms with Gasteiger partial charge in [-0.3, -0.25) is 4.79 Å². The number of nitrogens with one attached hydrogen (secondary N) is 1. The first-order valence-corrected chi connectivity index (χ1v) is 6.23. The number of carbonyl (C=O) groups is 2. The van der Waals surface area contributed by atoms with Gasteiger partial charge in [0, 0.05) is 6.54 Å². The van der Waals surface area contributed by atoms with E-state index in [1.165, 1.54) is 22.9 Å². The molecular formula is C12H16N4O3. The molecule has 1 aliphatic rings. The van der Waals surface area contributed by atoms with Gasteiger partial charge < -0.3 is 10.4 Å². The SMILES string of the molecule is O=C(Cn1cc(C(=O)O)nn1)NCCC1=CCCC1. The maximum atomic E-state index is 11.6. The molecule has 0 radical (unpaired) electrons. The molecule has 0 unspecified atom stereocenters. The molecule has 0 aromatic carbocycles. The number of aromatic carboxylic acids is 1. The van der Waals surface area contributed by atoms with Gasteiger partial charge in [-0.25, -0.2) is 9.48 Å². The van der Waals surface area contributed by atoms with Crippen LogP contribution in [0.2, 0.25) is 0 Å². The molecule has 0 saturated heterocycles. The van der Waals surface area contributed by atoms with Crippen LogP contribution in [-0.4, -0.2) is 38.5 Å². The molecule has 7 heteroatoms. The number of carboxylic acid groups (broad SMARTS) is 1. The van der Waals surface area contributed by atoms with Crippen LogP contribution in [-0.2, 0) is 11.3 Å². The standard InChI is InChI=1S/C12H16N4O3/c17-11(13-6-5-9-3-1-2-4-9)8-16-7-10(12(18)19)14-15-16/h3,7H,1-2,4-6,8H2,(H,13,17)(H,18,19). The number of amides is 1. The number of aromatic nitrogens is 3. The summed E-state index contributed by atoms with van der Waals surface area (Å²) in [5, 5.41) is 18.5. The zero-order valence-electron chi connectivity index (χ0n) is 10.5. The average Bonchev–Trinajstić information content (AvgIpc) is 3.00. The molecule has 0 fully saturated rings. The Hall–Kier alpha value is -2.18. The third-order valence-corrected chi connectivity index (χ3v) is 2.97. The van der Waals surface area contributed by atoms with Crippen molar-refractivity contribution in [1.82, 2.24) is 20.3 Å². The lowest BCUT2D eigenvalue weighted by Gasteiger charge is -2.05. The number of carboxylic acids is 1. The molecule has 1 heterocycles. The van der Waals surface area contributed by atoms with E-state index < -0.39 is 5.97 Å². The zero-order chi connectivity index (χ0) is 13.7. The predicted octanol–water partition coefficient (Wildman–Crippen LogP) is 0.593. The van der Waals surface area contributed by atoms with E-state index in [4.69, 9.17) is 5.11 Å². The minimum atomic E-state index is -1.15. The van der Waals surface area contributed by atoms with Gasteiger partial charge in [0.1, 0.15) is 6.54 Å². The second kappa shape index (κ2) is 6.12. The molecule has 0 saturated carbocycles. The van der Waals surface area contributed by atoms with Crippen LogP contribution >= 0.6 is 0 Å². The second-order valence-electron chi connectivity index (χ2n) is 4.46. The molecule has 0 bridgehead atoms. The lowest BCUT2D eigenvalue weighted by Crippen LogP contribution is -2.28. The summed E-state index contributed by atoms with van der Waals surface area (Å²) in [7, 11) is 0.